The van der Waals surface area contributed by atoms with Gasteiger partial charge in [0.2, 0.25) is 0 Å². The van der Waals surface area contributed by atoms with Crippen LogP contribution in [0.25, 0.3) is 0 Å². The van der Waals surface area contributed by atoms with Crippen LogP contribution in [0.3, 0.4) is 0 Å². The fraction of sp³-hybridized carbons (Fsp3) is 0.667. The number of aryl methyl sites for hydroxylation is 2. The molecule has 0 saturated carbocycles. The molecular formula is C18H31N. The molecule has 1 aromatic carbocycles. The average Bonchev–Trinajstić information content (AvgIpc) is 2.36. The highest BCUT2D eigenvalue weighted by molar-refractivity contribution is 5.25. The molecule has 0 aliphatic rings. The van der Waals surface area contributed by atoms with E-state index in [9.17, 15) is 0 Å². The normalized spacial score (nSPS) is 13.2. The van der Waals surface area contributed by atoms with Crippen LogP contribution in [0.2, 0.25) is 0 Å². The second-order valence-electron chi connectivity index (χ2n) is 6.33. The molecule has 0 heterocycles. The molecule has 1 heteroatoms. The summed E-state index contributed by atoms with van der Waals surface area (Å²) in [5.74, 6) is 0.829. The summed E-state index contributed by atoms with van der Waals surface area (Å²) in [5.41, 5.74) is 2.93. The van der Waals surface area contributed by atoms with Gasteiger partial charge in [-0.25, -0.2) is 0 Å². The van der Waals surface area contributed by atoms with E-state index in [4.69, 9.17) is 0 Å². The molecule has 0 N–H and O–H groups in total. The summed E-state index contributed by atoms with van der Waals surface area (Å²) >= 11 is 0. The van der Waals surface area contributed by atoms with Crippen LogP contribution in [0.1, 0.15) is 51.2 Å². The molecular weight excluding hydrogens is 230 g/mol. The third kappa shape index (κ3) is 6.24. The number of hydrogen-bond donors (Lipinski definition) is 0. The highest BCUT2D eigenvalue weighted by atomic mass is 15.1. The summed E-state index contributed by atoms with van der Waals surface area (Å²) in [6.07, 6.45) is 5.11. The fourth-order valence-electron chi connectivity index (χ4n) is 2.44. The molecule has 0 fully saturated rings. The molecule has 1 nitrogen and oxygen atoms in total. The summed E-state index contributed by atoms with van der Waals surface area (Å²) in [6.45, 7) is 10.4. The van der Waals surface area contributed by atoms with E-state index in [0.717, 1.165) is 5.92 Å². The van der Waals surface area contributed by atoms with E-state index in [1.165, 1.54) is 43.4 Å². The fourth-order valence-corrected chi connectivity index (χ4v) is 2.44. The van der Waals surface area contributed by atoms with Crippen molar-refractivity contribution in [2.45, 2.75) is 59.4 Å². The van der Waals surface area contributed by atoms with E-state index in [-0.39, 0.29) is 0 Å². The molecule has 108 valence electrons. The summed E-state index contributed by atoms with van der Waals surface area (Å²) in [6, 6.07) is 9.43. The van der Waals surface area contributed by atoms with Crippen molar-refractivity contribution in [1.82, 2.24) is 4.90 Å². The van der Waals surface area contributed by atoms with Gasteiger partial charge in [0.25, 0.3) is 0 Å². The molecule has 0 spiro atoms. The van der Waals surface area contributed by atoms with Gasteiger partial charge in [-0.2, -0.15) is 0 Å². The van der Waals surface area contributed by atoms with Gasteiger partial charge >= 0.3 is 0 Å². The Morgan fingerprint density at radius 1 is 1.05 bits per heavy atom. The Balaban J connectivity index is 2.30. The van der Waals surface area contributed by atoms with Gasteiger partial charge in [-0.05, 0) is 70.2 Å². The number of hydrogen-bond acceptors (Lipinski definition) is 1. The van der Waals surface area contributed by atoms with Gasteiger partial charge in [0.1, 0.15) is 0 Å². The Labute approximate surface area is 120 Å². The van der Waals surface area contributed by atoms with Crippen LogP contribution in [0, 0.1) is 12.8 Å². The van der Waals surface area contributed by atoms with Crippen LogP contribution in [0.5, 0.6) is 0 Å². The topological polar surface area (TPSA) is 3.24 Å². The lowest BCUT2D eigenvalue weighted by atomic mass is 10.0. The molecule has 0 aliphatic heterocycles. The zero-order chi connectivity index (χ0) is 14.3. The predicted octanol–water partition coefficient (Wildman–Crippen LogP) is 4.68. The molecule has 0 radical (unpaired) electrons. The molecule has 19 heavy (non-hydrogen) atoms. The van der Waals surface area contributed by atoms with Gasteiger partial charge < -0.3 is 4.90 Å². The smallest absolute Gasteiger partial charge is 0.00670 e. The van der Waals surface area contributed by atoms with Crippen LogP contribution in [0.15, 0.2) is 24.3 Å². The van der Waals surface area contributed by atoms with Crippen LogP contribution in [-0.2, 0) is 6.42 Å². The van der Waals surface area contributed by atoms with E-state index >= 15 is 0 Å². The number of rotatable bonds is 8. The third-order valence-electron chi connectivity index (χ3n) is 4.14. The number of benzene rings is 1. The average molecular weight is 261 g/mol. The monoisotopic (exact) mass is 261 g/mol. The summed E-state index contributed by atoms with van der Waals surface area (Å²) in [7, 11) is 2.27. The lowest BCUT2D eigenvalue weighted by molar-refractivity contribution is 0.238. The Morgan fingerprint density at radius 2 is 1.74 bits per heavy atom. The first-order valence-electron chi connectivity index (χ1n) is 7.75. The molecule has 0 aliphatic carbocycles. The lowest BCUT2D eigenvalue weighted by Crippen LogP contribution is -2.30. The second-order valence-corrected chi connectivity index (χ2v) is 6.33. The highest BCUT2D eigenvalue weighted by Crippen LogP contribution is 2.13. The van der Waals surface area contributed by atoms with Gasteiger partial charge in [-0.3, -0.25) is 0 Å². The van der Waals surface area contributed by atoms with E-state index < -0.39 is 0 Å². The minimum atomic E-state index is 0.673. The van der Waals surface area contributed by atoms with Crippen LogP contribution in [-0.4, -0.2) is 24.5 Å². The van der Waals surface area contributed by atoms with Crippen LogP contribution < -0.4 is 0 Å². The lowest BCUT2D eigenvalue weighted by Gasteiger charge is -2.25. The molecule has 0 saturated heterocycles. The van der Waals surface area contributed by atoms with Crippen molar-refractivity contribution in [3.63, 3.8) is 0 Å². The van der Waals surface area contributed by atoms with E-state index in [2.05, 4.69) is 63.9 Å². The van der Waals surface area contributed by atoms with Crippen LogP contribution >= 0.6 is 0 Å². The largest absolute Gasteiger partial charge is 0.304 e. The van der Waals surface area contributed by atoms with Gasteiger partial charge in [0.15, 0.2) is 0 Å². The Kier molecular flexibility index (Phi) is 7.15. The molecule has 1 aromatic rings. The van der Waals surface area contributed by atoms with Crippen molar-refractivity contribution in [2.24, 2.45) is 5.92 Å². The van der Waals surface area contributed by atoms with Crippen LogP contribution in [0.4, 0.5) is 0 Å². The Bertz CT molecular complexity index is 356. The highest BCUT2D eigenvalue weighted by Gasteiger charge is 2.09. The molecule has 1 rings (SSSR count). The molecule has 1 unspecified atom stereocenters. The summed E-state index contributed by atoms with van der Waals surface area (Å²) < 4.78 is 0. The van der Waals surface area contributed by atoms with Crippen molar-refractivity contribution in [3.8, 4) is 0 Å². The molecule has 0 bridgehead atoms. The zero-order valence-corrected chi connectivity index (χ0v) is 13.4. The maximum absolute atomic E-state index is 2.51. The first-order chi connectivity index (χ1) is 9.00. The maximum atomic E-state index is 2.51. The third-order valence-corrected chi connectivity index (χ3v) is 4.14. The van der Waals surface area contributed by atoms with Gasteiger partial charge in [-0.15, -0.1) is 0 Å². The van der Waals surface area contributed by atoms with Crippen molar-refractivity contribution in [1.29, 1.82) is 0 Å². The first kappa shape index (κ1) is 16.2. The van der Waals surface area contributed by atoms with Gasteiger partial charge in [-0.1, -0.05) is 38.1 Å². The van der Waals surface area contributed by atoms with E-state index in [0.29, 0.717) is 6.04 Å². The van der Waals surface area contributed by atoms with Gasteiger partial charge in [0, 0.05) is 6.04 Å². The maximum Gasteiger partial charge on any atom is 0.00670 e. The second kappa shape index (κ2) is 8.37. The number of nitrogens with zero attached hydrogens (tertiary/aromatic N) is 1. The standard InChI is InChI=1S/C18H31N/c1-15(2)9-8-14-19(5)17(4)12-13-18-11-7-6-10-16(18)3/h6-7,10-11,15,17H,8-9,12-14H2,1-5H3. The minimum absolute atomic E-state index is 0.673. The molecule has 0 amide bonds. The predicted molar refractivity (Wildman–Crippen MR) is 85.7 cm³/mol. The van der Waals surface area contributed by atoms with Crippen molar-refractivity contribution in [2.75, 3.05) is 13.6 Å². The SMILES string of the molecule is Cc1ccccc1CCC(C)N(C)CCCC(C)C. The van der Waals surface area contributed by atoms with E-state index in [1.807, 2.05) is 0 Å². The van der Waals surface area contributed by atoms with Crippen molar-refractivity contribution in [3.05, 3.63) is 35.4 Å². The van der Waals surface area contributed by atoms with E-state index in [1.54, 1.807) is 0 Å². The first-order valence-corrected chi connectivity index (χ1v) is 7.75. The quantitative estimate of drug-likeness (QED) is 0.656. The summed E-state index contributed by atoms with van der Waals surface area (Å²) in [5, 5.41) is 0. The van der Waals surface area contributed by atoms with Crippen molar-refractivity contribution < 1.29 is 0 Å². The Hall–Kier alpha value is -0.820. The minimum Gasteiger partial charge on any atom is -0.304 e. The van der Waals surface area contributed by atoms with Gasteiger partial charge in [0.05, 0.1) is 0 Å². The molecule has 0 aromatic heterocycles. The zero-order valence-electron chi connectivity index (χ0n) is 13.4. The molecule has 1 atom stereocenters. The Morgan fingerprint density at radius 3 is 2.37 bits per heavy atom. The van der Waals surface area contributed by atoms with Crippen molar-refractivity contribution >= 4 is 0 Å². The summed E-state index contributed by atoms with van der Waals surface area (Å²) in [4.78, 5) is 2.51.